The van der Waals surface area contributed by atoms with Crippen LogP contribution in [0.25, 0.3) is 0 Å². The molecule has 1 saturated carbocycles. The standard InChI is InChI=1S/C22H26N2O5S/c25-21(14-15-30(27,28)20-12-5-2-6-13-20)23-18-10-7-11-19(16-18)29-22(26)24-17-8-3-1-4-9-17/h1-6,8-9,12-13,18-19H,7,10-11,14-16H2,(H,23,25)(H,24,26)/t18-,19+/m1/s1. The van der Waals surface area contributed by atoms with Crippen molar-refractivity contribution in [2.45, 2.75) is 49.1 Å². The molecular formula is C22H26N2O5S. The number of anilines is 1. The molecule has 0 aromatic heterocycles. The van der Waals surface area contributed by atoms with Crippen LogP contribution in [0.1, 0.15) is 32.1 Å². The predicted octanol–water partition coefficient (Wildman–Crippen LogP) is 3.53. The minimum absolute atomic E-state index is 0.103. The molecule has 3 rings (SSSR count). The van der Waals surface area contributed by atoms with Crippen molar-refractivity contribution in [3.05, 3.63) is 60.7 Å². The number of amides is 2. The number of rotatable bonds is 7. The predicted molar refractivity (Wildman–Crippen MR) is 114 cm³/mol. The number of hydrogen-bond acceptors (Lipinski definition) is 5. The Balaban J connectivity index is 1.44. The van der Waals surface area contributed by atoms with Crippen molar-refractivity contribution in [2.75, 3.05) is 11.1 Å². The van der Waals surface area contributed by atoms with Crippen LogP contribution >= 0.6 is 0 Å². The number of carbonyl (C=O) groups excluding carboxylic acids is 2. The highest BCUT2D eigenvalue weighted by Crippen LogP contribution is 2.22. The second-order valence-electron chi connectivity index (χ2n) is 7.33. The van der Waals surface area contributed by atoms with Crippen LogP contribution in [0, 0.1) is 0 Å². The summed E-state index contributed by atoms with van der Waals surface area (Å²) in [5, 5.41) is 5.56. The van der Waals surface area contributed by atoms with E-state index in [4.69, 9.17) is 4.74 Å². The van der Waals surface area contributed by atoms with Gasteiger partial charge in [-0.3, -0.25) is 10.1 Å². The number of nitrogens with one attached hydrogen (secondary N) is 2. The molecular weight excluding hydrogens is 404 g/mol. The Morgan fingerprint density at radius 2 is 1.63 bits per heavy atom. The third-order valence-electron chi connectivity index (χ3n) is 4.99. The van der Waals surface area contributed by atoms with Gasteiger partial charge in [0.05, 0.1) is 10.6 Å². The summed E-state index contributed by atoms with van der Waals surface area (Å²) in [5.41, 5.74) is 0.655. The normalized spacial score (nSPS) is 18.9. The first kappa shape index (κ1) is 21.8. The van der Waals surface area contributed by atoms with E-state index < -0.39 is 15.9 Å². The highest BCUT2D eigenvalue weighted by atomic mass is 32.2. The third-order valence-corrected chi connectivity index (χ3v) is 6.72. The van der Waals surface area contributed by atoms with Gasteiger partial charge in [-0.1, -0.05) is 36.4 Å². The number of hydrogen-bond donors (Lipinski definition) is 2. The molecule has 2 aromatic rings. The van der Waals surface area contributed by atoms with Gasteiger partial charge in [-0.15, -0.1) is 0 Å². The van der Waals surface area contributed by atoms with E-state index in [1.54, 1.807) is 30.3 Å². The van der Waals surface area contributed by atoms with Gasteiger partial charge in [0.15, 0.2) is 9.84 Å². The lowest BCUT2D eigenvalue weighted by Crippen LogP contribution is -2.41. The maximum Gasteiger partial charge on any atom is 0.411 e. The molecule has 2 N–H and O–H groups in total. The summed E-state index contributed by atoms with van der Waals surface area (Å²) in [6, 6.07) is 17.0. The van der Waals surface area contributed by atoms with Crippen molar-refractivity contribution in [1.82, 2.24) is 5.32 Å². The third kappa shape index (κ3) is 6.59. The van der Waals surface area contributed by atoms with Gasteiger partial charge < -0.3 is 10.1 Å². The van der Waals surface area contributed by atoms with E-state index in [0.29, 0.717) is 12.1 Å². The molecule has 1 aliphatic carbocycles. The maximum atomic E-state index is 12.3. The molecule has 30 heavy (non-hydrogen) atoms. The Bertz CT molecular complexity index is 948. The Hall–Kier alpha value is -2.87. The first-order valence-electron chi connectivity index (χ1n) is 10.0. The molecule has 2 aromatic carbocycles. The van der Waals surface area contributed by atoms with Crippen LogP contribution in [0.5, 0.6) is 0 Å². The minimum Gasteiger partial charge on any atom is -0.446 e. The SMILES string of the molecule is O=C(CCS(=O)(=O)c1ccccc1)N[C@@H]1CCC[C@H](OC(=O)Nc2ccccc2)C1. The summed E-state index contributed by atoms with van der Waals surface area (Å²) < 4.78 is 30.1. The summed E-state index contributed by atoms with van der Waals surface area (Å²) >= 11 is 0. The van der Waals surface area contributed by atoms with Gasteiger partial charge in [0.25, 0.3) is 0 Å². The van der Waals surface area contributed by atoms with Crippen molar-refractivity contribution in [3.8, 4) is 0 Å². The van der Waals surface area contributed by atoms with Crippen LogP contribution in [0.15, 0.2) is 65.6 Å². The first-order valence-corrected chi connectivity index (χ1v) is 11.7. The number of ether oxygens (including phenoxy) is 1. The van der Waals surface area contributed by atoms with E-state index >= 15 is 0 Å². The molecule has 7 nitrogen and oxygen atoms in total. The minimum atomic E-state index is -3.49. The van der Waals surface area contributed by atoms with E-state index in [0.717, 1.165) is 19.3 Å². The molecule has 0 radical (unpaired) electrons. The number of benzene rings is 2. The van der Waals surface area contributed by atoms with E-state index in [-0.39, 0.29) is 35.1 Å². The van der Waals surface area contributed by atoms with Crippen molar-refractivity contribution in [2.24, 2.45) is 0 Å². The summed E-state index contributed by atoms with van der Waals surface area (Å²) in [7, 11) is -3.49. The van der Waals surface area contributed by atoms with Crippen LogP contribution in [0.4, 0.5) is 10.5 Å². The van der Waals surface area contributed by atoms with Crippen molar-refractivity contribution >= 4 is 27.5 Å². The van der Waals surface area contributed by atoms with Gasteiger partial charge in [0.2, 0.25) is 5.91 Å². The zero-order chi connectivity index (χ0) is 21.4. The van der Waals surface area contributed by atoms with Gasteiger partial charge in [-0.25, -0.2) is 13.2 Å². The Labute approximate surface area is 176 Å². The van der Waals surface area contributed by atoms with E-state index in [9.17, 15) is 18.0 Å². The van der Waals surface area contributed by atoms with Gasteiger partial charge in [0.1, 0.15) is 6.10 Å². The van der Waals surface area contributed by atoms with Crippen molar-refractivity contribution in [3.63, 3.8) is 0 Å². The van der Waals surface area contributed by atoms with Crippen LogP contribution in [-0.2, 0) is 19.4 Å². The number of para-hydroxylation sites is 1. The van der Waals surface area contributed by atoms with Gasteiger partial charge in [0, 0.05) is 24.6 Å². The van der Waals surface area contributed by atoms with Gasteiger partial charge in [-0.2, -0.15) is 0 Å². The first-order chi connectivity index (χ1) is 14.4. The second kappa shape index (κ2) is 10.2. The summed E-state index contributed by atoms with van der Waals surface area (Å²) in [4.78, 5) is 24.5. The van der Waals surface area contributed by atoms with E-state index in [1.807, 2.05) is 18.2 Å². The van der Waals surface area contributed by atoms with Crippen LogP contribution in [-0.4, -0.2) is 38.3 Å². The smallest absolute Gasteiger partial charge is 0.411 e. The van der Waals surface area contributed by atoms with Crippen LogP contribution in [0.2, 0.25) is 0 Å². The fourth-order valence-corrected chi connectivity index (χ4v) is 4.74. The second-order valence-corrected chi connectivity index (χ2v) is 9.44. The largest absolute Gasteiger partial charge is 0.446 e. The molecule has 1 aliphatic rings. The topological polar surface area (TPSA) is 102 Å². The monoisotopic (exact) mass is 430 g/mol. The fraction of sp³-hybridized carbons (Fsp3) is 0.364. The Kier molecular flexibility index (Phi) is 7.46. The molecule has 0 aliphatic heterocycles. The zero-order valence-corrected chi connectivity index (χ0v) is 17.4. The van der Waals surface area contributed by atoms with Crippen LogP contribution < -0.4 is 10.6 Å². The molecule has 2 amide bonds. The molecule has 0 bridgehead atoms. The molecule has 0 saturated heterocycles. The highest BCUT2D eigenvalue weighted by Gasteiger charge is 2.26. The molecule has 2 atom stereocenters. The van der Waals surface area contributed by atoms with Gasteiger partial charge >= 0.3 is 6.09 Å². The average Bonchev–Trinajstić information content (AvgIpc) is 2.74. The molecule has 0 heterocycles. The van der Waals surface area contributed by atoms with E-state index in [1.165, 1.54) is 12.1 Å². The molecule has 160 valence electrons. The molecule has 8 heteroatoms. The molecule has 1 fully saturated rings. The maximum absolute atomic E-state index is 12.3. The van der Waals surface area contributed by atoms with Gasteiger partial charge in [-0.05, 0) is 43.5 Å². The number of sulfone groups is 1. The average molecular weight is 431 g/mol. The highest BCUT2D eigenvalue weighted by molar-refractivity contribution is 7.91. The van der Waals surface area contributed by atoms with Crippen molar-refractivity contribution in [1.29, 1.82) is 0 Å². The van der Waals surface area contributed by atoms with E-state index in [2.05, 4.69) is 10.6 Å². The summed E-state index contributed by atoms with van der Waals surface area (Å²) in [5.74, 6) is -0.552. The number of carbonyl (C=O) groups is 2. The Morgan fingerprint density at radius 3 is 2.33 bits per heavy atom. The quantitative estimate of drug-likeness (QED) is 0.700. The lowest BCUT2D eigenvalue weighted by Gasteiger charge is -2.29. The summed E-state index contributed by atoms with van der Waals surface area (Å²) in [6.07, 6.45) is 1.92. The lowest BCUT2D eigenvalue weighted by atomic mass is 9.93. The Morgan fingerprint density at radius 1 is 0.967 bits per heavy atom. The molecule has 0 spiro atoms. The molecule has 0 unspecified atom stereocenters. The zero-order valence-electron chi connectivity index (χ0n) is 16.6. The van der Waals surface area contributed by atoms with Crippen LogP contribution in [0.3, 0.4) is 0 Å². The summed E-state index contributed by atoms with van der Waals surface area (Å²) in [6.45, 7) is 0. The van der Waals surface area contributed by atoms with Crippen molar-refractivity contribution < 1.29 is 22.7 Å². The fourth-order valence-electron chi connectivity index (χ4n) is 3.48. The lowest BCUT2D eigenvalue weighted by molar-refractivity contribution is -0.121.